The topological polar surface area (TPSA) is 86.8 Å². The first-order chi connectivity index (χ1) is 22.1. The van der Waals surface area contributed by atoms with Crippen LogP contribution in [0.25, 0.3) is 0 Å². The smallest absolute Gasteiger partial charge is 0.264 e. The minimum absolute atomic E-state index is 0.0103. The van der Waals surface area contributed by atoms with Crippen molar-refractivity contribution >= 4 is 39.1 Å². The van der Waals surface area contributed by atoms with Crippen LogP contribution in [0.2, 0.25) is 5.02 Å². The van der Waals surface area contributed by atoms with E-state index in [0.29, 0.717) is 10.7 Å². The Kier molecular flexibility index (Phi) is 10.8. The molecular weight excluding hydrogens is 618 g/mol. The molecule has 1 unspecified atom stereocenters. The van der Waals surface area contributed by atoms with E-state index in [2.05, 4.69) is 5.32 Å². The summed E-state index contributed by atoms with van der Waals surface area (Å²) in [5.41, 5.74) is 4.01. The summed E-state index contributed by atoms with van der Waals surface area (Å²) in [4.78, 5) is 30.3. The third-order valence-corrected chi connectivity index (χ3v) is 10.5. The highest BCUT2D eigenvalue weighted by Crippen LogP contribution is 2.27. The minimum atomic E-state index is -4.19. The predicted octanol–water partition coefficient (Wildman–Crippen LogP) is 6.85. The summed E-state index contributed by atoms with van der Waals surface area (Å²) in [6.07, 6.45) is 4.18. The fourth-order valence-electron chi connectivity index (χ4n) is 5.86. The quantitative estimate of drug-likeness (QED) is 0.181. The van der Waals surface area contributed by atoms with Gasteiger partial charge in [0.1, 0.15) is 12.6 Å². The highest BCUT2D eigenvalue weighted by Gasteiger charge is 2.35. The van der Waals surface area contributed by atoms with Gasteiger partial charge in [0, 0.05) is 24.0 Å². The lowest BCUT2D eigenvalue weighted by Crippen LogP contribution is -2.54. The maximum Gasteiger partial charge on any atom is 0.264 e. The Hall–Kier alpha value is -4.14. The molecule has 1 saturated carbocycles. The van der Waals surface area contributed by atoms with Crippen LogP contribution in [0.15, 0.2) is 108 Å². The molecule has 4 aromatic carbocycles. The van der Waals surface area contributed by atoms with Gasteiger partial charge in [-0.2, -0.15) is 0 Å². The molecule has 240 valence electrons. The van der Waals surface area contributed by atoms with Gasteiger partial charge in [-0.15, -0.1) is 0 Å². The van der Waals surface area contributed by atoms with Crippen LogP contribution in [0.4, 0.5) is 5.69 Å². The number of halogens is 1. The Labute approximate surface area is 277 Å². The monoisotopic (exact) mass is 657 g/mol. The molecule has 1 fully saturated rings. The molecule has 9 heteroatoms. The molecule has 0 heterocycles. The zero-order valence-electron chi connectivity index (χ0n) is 26.2. The van der Waals surface area contributed by atoms with E-state index < -0.39 is 28.5 Å². The van der Waals surface area contributed by atoms with E-state index in [9.17, 15) is 18.0 Å². The summed E-state index contributed by atoms with van der Waals surface area (Å²) in [5.74, 6) is -0.721. The van der Waals surface area contributed by atoms with E-state index in [1.807, 2.05) is 74.5 Å². The molecule has 0 saturated heterocycles. The van der Waals surface area contributed by atoms with Crippen molar-refractivity contribution in [2.75, 3.05) is 10.8 Å². The van der Waals surface area contributed by atoms with E-state index >= 15 is 0 Å². The Morgan fingerprint density at radius 1 is 0.826 bits per heavy atom. The largest absolute Gasteiger partial charge is 0.352 e. The van der Waals surface area contributed by atoms with Crippen LogP contribution < -0.4 is 9.62 Å². The fourth-order valence-corrected chi connectivity index (χ4v) is 7.39. The van der Waals surface area contributed by atoms with Gasteiger partial charge in [-0.25, -0.2) is 8.42 Å². The van der Waals surface area contributed by atoms with E-state index in [0.717, 1.165) is 52.2 Å². The number of benzene rings is 4. The molecule has 0 bridgehead atoms. The standard InChI is InChI=1S/C37H40ClN3O4S/c1-27-15-17-30(18-16-27)25-40(35(24-29-10-4-3-5-11-29)37(43)39-32-12-6-7-13-32)36(42)26-41(33-14-8-9-28(2)23-33)46(44,45)34-21-19-31(38)20-22-34/h3-5,8-11,14-23,32,35H,6-7,12-13,24-26H2,1-2H3,(H,39,43). The normalized spacial score (nSPS) is 14.1. The van der Waals surface area contributed by atoms with Crippen LogP contribution in [0.1, 0.15) is 47.9 Å². The van der Waals surface area contributed by atoms with Gasteiger partial charge in [0.05, 0.1) is 10.6 Å². The molecular formula is C37H40ClN3O4S. The number of amides is 2. The van der Waals surface area contributed by atoms with Crippen molar-refractivity contribution in [3.63, 3.8) is 0 Å². The van der Waals surface area contributed by atoms with Crippen molar-refractivity contribution in [3.8, 4) is 0 Å². The number of hydrogen-bond donors (Lipinski definition) is 1. The van der Waals surface area contributed by atoms with Crippen molar-refractivity contribution in [1.82, 2.24) is 10.2 Å². The molecule has 1 atom stereocenters. The first-order valence-electron chi connectivity index (χ1n) is 15.6. The van der Waals surface area contributed by atoms with Crippen molar-refractivity contribution < 1.29 is 18.0 Å². The molecule has 5 rings (SSSR count). The van der Waals surface area contributed by atoms with Crippen LogP contribution >= 0.6 is 11.6 Å². The lowest BCUT2D eigenvalue weighted by Gasteiger charge is -2.34. The Bertz CT molecular complexity index is 1740. The lowest BCUT2D eigenvalue weighted by molar-refractivity contribution is -0.140. The lowest BCUT2D eigenvalue weighted by atomic mass is 10.0. The molecule has 4 aromatic rings. The van der Waals surface area contributed by atoms with Crippen molar-refractivity contribution in [1.29, 1.82) is 0 Å². The Balaban J connectivity index is 1.56. The number of nitrogens with zero attached hydrogens (tertiary/aromatic N) is 2. The van der Waals surface area contributed by atoms with Crippen LogP contribution in [0.5, 0.6) is 0 Å². The predicted molar refractivity (Wildman–Crippen MR) is 183 cm³/mol. The number of carbonyl (C=O) groups is 2. The number of aryl methyl sites for hydroxylation is 2. The summed E-state index contributed by atoms with van der Waals surface area (Å²) in [6.45, 7) is 3.49. The molecule has 7 nitrogen and oxygen atoms in total. The van der Waals surface area contributed by atoms with Gasteiger partial charge < -0.3 is 10.2 Å². The van der Waals surface area contributed by atoms with Crippen LogP contribution in [-0.2, 0) is 32.6 Å². The van der Waals surface area contributed by atoms with E-state index in [4.69, 9.17) is 11.6 Å². The van der Waals surface area contributed by atoms with Crippen LogP contribution in [0, 0.1) is 13.8 Å². The first-order valence-corrected chi connectivity index (χ1v) is 17.5. The van der Waals surface area contributed by atoms with Crippen molar-refractivity contribution in [2.45, 2.75) is 69.5 Å². The molecule has 0 aromatic heterocycles. The summed E-state index contributed by atoms with van der Waals surface area (Å²) in [7, 11) is -4.19. The van der Waals surface area contributed by atoms with E-state index in [-0.39, 0.29) is 29.8 Å². The average molecular weight is 658 g/mol. The fraction of sp³-hybridized carbons (Fsp3) is 0.297. The number of rotatable bonds is 12. The van der Waals surface area contributed by atoms with Gasteiger partial charge in [-0.05, 0) is 79.8 Å². The van der Waals surface area contributed by atoms with E-state index in [1.165, 1.54) is 24.3 Å². The van der Waals surface area contributed by atoms with Gasteiger partial charge in [0.15, 0.2) is 0 Å². The maximum atomic E-state index is 14.6. The highest BCUT2D eigenvalue weighted by molar-refractivity contribution is 7.92. The second kappa shape index (κ2) is 15.0. The number of nitrogens with one attached hydrogen (secondary N) is 1. The molecule has 1 aliphatic carbocycles. The molecule has 0 spiro atoms. The van der Waals surface area contributed by atoms with Crippen LogP contribution in [0.3, 0.4) is 0 Å². The Morgan fingerprint density at radius 3 is 2.15 bits per heavy atom. The minimum Gasteiger partial charge on any atom is -0.352 e. The van der Waals surface area contributed by atoms with Gasteiger partial charge in [0.25, 0.3) is 10.0 Å². The average Bonchev–Trinajstić information content (AvgIpc) is 3.56. The number of hydrogen-bond acceptors (Lipinski definition) is 4. The summed E-state index contributed by atoms with van der Waals surface area (Å²) in [6, 6.07) is 29.5. The summed E-state index contributed by atoms with van der Waals surface area (Å²) >= 11 is 6.08. The van der Waals surface area contributed by atoms with Gasteiger partial charge in [0.2, 0.25) is 11.8 Å². The molecule has 46 heavy (non-hydrogen) atoms. The number of carbonyl (C=O) groups excluding carboxylic acids is 2. The molecule has 1 aliphatic rings. The summed E-state index contributed by atoms with van der Waals surface area (Å²) < 4.78 is 29.5. The van der Waals surface area contributed by atoms with Gasteiger partial charge in [-0.1, -0.05) is 96.7 Å². The summed E-state index contributed by atoms with van der Waals surface area (Å²) in [5, 5.41) is 3.61. The van der Waals surface area contributed by atoms with Crippen molar-refractivity contribution in [3.05, 3.63) is 130 Å². The zero-order chi connectivity index (χ0) is 32.7. The first kappa shape index (κ1) is 33.2. The highest BCUT2D eigenvalue weighted by atomic mass is 35.5. The number of anilines is 1. The Morgan fingerprint density at radius 2 is 1.50 bits per heavy atom. The molecule has 1 N–H and O–H groups in total. The molecule has 0 aliphatic heterocycles. The van der Waals surface area contributed by atoms with Gasteiger partial charge >= 0.3 is 0 Å². The SMILES string of the molecule is Cc1ccc(CN(C(=O)CN(c2cccc(C)c2)S(=O)(=O)c2ccc(Cl)cc2)C(Cc2ccccc2)C(=O)NC2CCCC2)cc1. The maximum absolute atomic E-state index is 14.6. The zero-order valence-corrected chi connectivity index (χ0v) is 27.8. The molecule has 2 amide bonds. The third-order valence-electron chi connectivity index (χ3n) is 8.42. The number of sulfonamides is 1. The van der Waals surface area contributed by atoms with Gasteiger partial charge in [-0.3, -0.25) is 13.9 Å². The molecule has 0 radical (unpaired) electrons. The second-order valence-corrected chi connectivity index (χ2v) is 14.3. The third kappa shape index (κ3) is 8.36. The van der Waals surface area contributed by atoms with Crippen molar-refractivity contribution in [2.24, 2.45) is 0 Å². The second-order valence-electron chi connectivity index (χ2n) is 12.0. The van der Waals surface area contributed by atoms with E-state index in [1.54, 1.807) is 23.1 Å². The van der Waals surface area contributed by atoms with Crippen LogP contribution in [-0.4, -0.2) is 43.8 Å².